The lowest BCUT2D eigenvalue weighted by Gasteiger charge is -2.12. The van der Waals surface area contributed by atoms with Crippen molar-refractivity contribution in [1.82, 2.24) is 0 Å². The van der Waals surface area contributed by atoms with E-state index in [1.54, 1.807) is 24.3 Å². The standard InChI is InChI=1S/C20H13F4NO2S/c21-13-10-14(22)19(24)20(18(13)23)27-11-17(26)25-15-8-4-5-9-16(15)28-12-6-2-1-3-7-12/h1-10H,11H2,(H,25,26). The van der Waals surface area contributed by atoms with E-state index in [2.05, 4.69) is 10.1 Å². The number of halogens is 4. The van der Waals surface area contributed by atoms with Gasteiger partial charge in [0.2, 0.25) is 11.6 Å². The van der Waals surface area contributed by atoms with Crippen molar-refractivity contribution in [3.63, 3.8) is 0 Å². The van der Waals surface area contributed by atoms with Gasteiger partial charge in [0.05, 0.1) is 5.69 Å². The first kappa shape index (κ1) is 19.8. The van der Waals surface area contributed by atoms with Gasteiger partial charge >= 0.3 is 0 Å². The van der Waals surface area contributed by atoms with Crippen LogP contribution in [0.2, 0.25) is 0 Å². The minimum absolute atomic E-state index is 0.0641. The van der Waals surface area contributed by atoms with Crippen molar-refractivity contribution in [2.75, 3.05) is 11.9 Å². The van der Waals surface area contributed by atoms with Crippen LogP contribution in [0.1, 0.15) is 0 Å². The maximum absolute atomic E-state index is 13.6. The third kappa shape index (κ3) is 4.64. The van der Waals surface area contributed by atoms with Crippen molar-refractivity contribution in [2.45, 2.75) is 9.79 Å². The number of amides is 1. The number of ether oxygens (including phenoxy) is 1. The van der Waals surface area contributed by atoms with Crippen LogP contribution < -0.4 is 10.1 Å². The van der Waals surface area contributed by atoms with Gasteiger partial charge in [0, 0.05) is 15.9 Å². The monoisotopic (exact) mass is 407 g/mol. The molecule has 0 aromatic heterocycles. The molecular formula is C20H13F4NO2S. The van der Waals surface area contributed by atoms with Gasteiger partial charge in [-0.15, -0.1) is 0 Å². The minimum Gasteiger partial charge on any atom is -0.477 e. The summed E-state index contributed by atoms with van der Waals surface area (Å²) in [6.07, 6.45) is 0. The summed E-state index contributed by atoms with van der Waals surface area (Å²) in [5.41, 5.74) is 0.455. The molecule has 144 valence electrons. The van der Waals surface area contributed by atoms with Crippen molar-refractivity contribution in [2.24, 2.45) is 0 Å². The number of carbonyl (C=O) groups is 1. The third-order valence-corrected chi connectivity index (χ3v) is 4.64. The summed E-state index contributed by atoms with van der Waals surface area (Å²) >= 11 is 1.40. The smallest absolute Gasteiger partial charge is 0.262 e. The molecule has 1 N–H and O–H groups in total. The number of hydrogen-bond donors (Lipinski definition) is 1. The highest BCUT2D eigenvalue weighted by Crippen LogP contribution is 2.33. The lowest BCUT2D eigenvalue weighted by Crippen LogP contribution is -2.21. The minimum atomic E-state index is -1.70. The van der Waals surface area contributed by atoms with E-state index >= 15 is 0 Å². The molecule has 1 amide bonds. The number of rotatable bonds is 6. The second-order valence-corrected chi connectivity index (χ2v) is 6.66. The van der Waals surface area contributed by atoms with E-state index in [4.69, 9.17) is 0 Å². The van der Waals surface area contributed by atoms with Gasteiger partial charge in [0.25, 0.3) is 5.91 Å². The predicted octanol–water partition coefficient (Wildman–Crippen LogP) is 5.41. The summed E-state index contributed by atoms with van der Waals surface area (Å²) in [4.78, 5) is 13.8. The highest BCUT2D eigenvalue weighted by Gasteiger charge is 2.21. The average molecular weight is 407 g/mol. The number of para-hydroxylation sites is 1. The number of carbonyl (C=O) groups excluding carboxylic acids is 1. The molecule has 0 saturated carbocycles. The molecule has 0 aliphatic heterocycles. The van der Waals surface area contributed by atoms with Gasteiger partial charge < -0.3 is 10.1 Å². The Morgan fingerprint density at radius 3 is 2.18 bits per heavy atom. The first-order valence-corrected chi connectivity index (χ1v) is 8.85. The zero-order chi connectivity index (χ0) is 20.1. The zero-order valence-electron chi connectivity index (χ0n) is 14.2. The van der Waals surface area contributed by atoms with Crippen molar-refractivity contribution in [3.05, 3.63) is 83.9 Å². The molecule has 0 aliphatic rings. The van der Waals surface area contributed by atoms with Crippen LogP contribution >= 0.6 is 11.8 Å². The maximum atomic E-state index is 13.6. The molecule has 3 nitrogen and oxygen atoms in total. The third-order valence-electron chi connectivity index (χ3n) is 3.55. The second-order valence-electron chi connectivity index (χ2n) is 5.55. The van der Waals surface area contributed by atoms with Crippen LogP contribution in [0.25, 0.3) is 0 Å². The van der Waals surface area contributed by atoms with Gasteiger partial charge in [-0.1, -0.05) is 42.1 Å². The number of anilines is 1. The maximum Gasteiger partial charge on any atom is 0.262 e. The molecule has 3 aromatic rings. The molecule has 0 fully saturated rings. The van der Waals surface area contributed by atoms with Gasteiger partial charge in [0.15, 0.2) is 24.0 Å². The molecule has 28 heavy (non-hydrogen) atoms. The first-order chi connectivity index (χ1) is 13.5. The fourth-order valence-corrected chi connectivity index (χ4v) is 3.20. The fourth-order valence-electron chi connectivity index (χ4n) is 2.28. The Morgan fingerprint density at radius 2 is 1.50 bits per heavy atom. The molecular weight excluding hydrogens is 394 g/mol. The van der Waals surface area contributed by atoms with E-state index in [0.717, 1.165) is 9.79 Å². The van der Waals surface area contributed by atoms with Crippen LogP contribution in [0.15, 0.2) is 70.5 Å². The van der Waals surface area contributed by atoms with Crippen LogP contribution in [0.3, 0.4) is 0 Å². The second kappa shape index (κ2) is 8.79. The van der Waals surface area contributed by atoms with Gasteiger partial charge in [0.1, 0.15) is 0 Å². The molecule has 0 aliphatic carbocycles. The van der Waals surface area contributed by atoms with Crippen molar-refractivity contribution >= 4 is 23.4 Å². The molecule has 0 saturated heterocycles. The van der Waals surface area contributed by atoms with E-state index in [1.165, 1.54) is 11.8 Å². The molecule has 0 bridgehead atoms. The number of benzene rings is 3. The average Bonchev–Trinajstić information content (AvgIpc) is 2.69. The van der Waals surface area contributed by atoms with Crippen LogP contribution in [0.5, 0.6) is 5.75 Å². The topological polar surface area (TPSA) is 38.3 Å². The highest BCUT2D eigenvalue weighted by atomic mass is 32.2. The predicted molar refractivity (Wildman–Crippen MR) is 97.4 cm³/mol. The van der Waals surface area contributed by atoms with Crippen LogP contribution in [0.4, 0.5) is 23.2 Å². The molecule has 0 heterocycles. The summed E-state index contributed by atoms with van der Waals surface area (Å²) in [5.74, 6) is -8.65. The molecule has 0 atom stereocenters. The molecule has 3 rings (SSSR count). The Kier molecular flexibility index (Phi) is 6.20. The van der Waals surface area contributed by atoms with Crippen LogP contribution in [-0.2, 0) is 4.79 Å². The summed E-state index contributed by atoms with van der Waals surface area (Å²) in [5, 5.41) is 2.55. The Hall–Kier alpha value is -3.00. The van der Waals surface area contributed by atoms with Crippen molar-refractivity contribution < 1.29 is 27.1 Å². The Labute approximate surface area is 162 Å². The Bertz CT molecular complexity index is 973. The lowest BCUT2D eigenvalue weighted by atomic mass is 10.3. The SMILES string of the molecule is O=C(COc1c(F)c(F)cc(F)c1F)Nc1ccccc1Sc1ccccc1. The first-order valence-electron chi connectivity index (χ1n) is 8.03. The largest absolute Gasteiger partial charge is 0.477 e. The quantitative estimate of drug-likeness (QED) is 0.439. The Balaban J connectivity index is 1.70. The molecule has 0 spiro atoms. The summed E-state index contributed by atoms with van der Waals surface area (Å²) in [7, 11) is 0. The van der Waals surface area contributed by atoms with Gasteiger partial charge in [-0.25, -0.2) is 8.78 Å². The van der Waals surface area contributed by atoms with Crippen LogP contribution in [0, 0.1) is 23.3 Å². The van der Waals surface area contributed by atoms with Gasteiger partial charge in [-0.05, 0) is 24.3 Å². The van der Waals surface area contributed by atoms with Crippen LogP contribution in [-0.4, -0.2) is 12.5 Å². The van der Waals surface area contributed by atoms with E-state index in [9.17, 15) is 22.4 Å². The van der Waals surface area contributed by atoms with Gasteiger partial charge in [-0.2, -0.15) is 8.78 Å². The summed E-state index contributed by atoms with van der Waals surface area (Å²) in [6.45, 7) is -0.832. The Morgan fingerprint density at radius 1 is 0.893 bits per heavy atom. The number of nitrogens with one attached hydrogen (secondary N) is 1. The molecule has 0 radical (unpaired) electrons. The molecule has 0 unspecified atom stereocenters. The fraction of sp³-hybridized carbons (Fsp3) is 0.0500. The highest BCUT2D eigenvalue weighted by molar-refractivity contribution is 7.99. The number of hydrogen-bond acceptors (Lipinski definition) is 3. The summed E-state index contributed by atoms with van der Waals surface area (Å²) < 4.78 is 58.2. The van der Waals surface area contributed by atoms with Crippen molar-refractivity contribution in [1.29, 1.82) is 0 Å². The van der Waals surface area contributed by atoms with E-state index in [1.807, 2.05) is 30.3 Å². The molecule has 3 aromatic carbocycles. The lowest BCUT2D eigenvalue weighted by molar-refractivity contribution is -0.118. The van der Waals surface area contributed by atoms with Crippen molar-refractivity contribution in [3.8, 4) is 5.75 Å². The van der Waals surface area contributed by atoms with E-state index < -0.39 is 41.5 Å². The van der Waals surface area contributed by atoms with Gasteiger partial charge in [-0.3, -0.25) is 4.79 Å². The van der Waals surface area contributed by atoms with E-state index in [0.29, 0.717) is 5.69 Å². The molecule has 8 heteroatoms. The normalized spacial score (nSPS) is 10.6. The zero-order valence-corrected chi connectivity index (χ0v) is 15.0. The summed E-state index contributed by atoms with van der Waals surface area (Å²) in [6, 6.07) is 16.4. The van der Waals surface area contributed by atoms with E-state index in [-0.39, 0.29) is 6.07 Å².